The van der Waals surface area contributed by atoms with Crippen molar-refractivity contribution in [2.75, 3.05) is 6.61 Å². The Morgan fingerprint density at radius 3 is 2.63 bits per heavy atom. The minimum Gasteiger partial charge on any atom is -0.490 e. The lowest BCUT2D eigenvalue weighted by Crippen LogP contribution is -2.33. The second-order valence-corrected chi connectivity index (χ2v) is 7.50. The highest BCUT2D eigenvalue weighted by atomic mass is 79.9. The summed E-state index contributed by atoms with van der Waals surface area (Å²) in [5.74, 6) is 0.216. The first-order valence-corrected chi connectivity index (χ1v) is 9.84. The highest BCUT2D eigenvalue weighted by Gasteiger charge is 2.15. The maximum atomic E-state index is 10.9. The first-order chi connectivity index (χ1) is 12.8. The van der Waals surface area contributed by atoms with Crippen LogP contribution in [0, 0.1) is 0 Å². The molecular formula is C19H20BrCl2NO4. The van der Waals surface area contributed by atoms with Gasteiger partial charge in [0.15, 0.2) is 11.5 Å². The molecule has 0 aliphatic carbocycles. The predicted octanol–water partition coefficient (Wildman–Crippen LogP) is 5.30. The van der Waals surface area contributed by atoms with Crippen molar-refractivity contribution in [1.29, 1.82) is 0 Å². The van der Waals surface area contributed by atoms with Gasteiger partial charge in [-0.05, 0) is 59.6 Å². The monoisotopic (exact) mass is 475 g/mol. The summed E-state index contributed by atoms with van der Waals surface area (Å²) in [5, 5.41) is 13.0. The Balaban J connectivity index is 2.18. The fraction of sp³-hybridized carbons (Fsp3) is 0.316. The quantitative estimate of drug-likeness (QED) is 0.514. The molecule has 27 heavy (non-hydrogen) atoms. The minimum absolute atomic E-state index is 0.252. The van der Waals surface area contributed by atoms with E-state index in [2.05, 4.69) is 21.2 Å². The molecule has 0 aliphatic heterocycles. The van der Waals surface area contributed by atoms with E-state index in [0.717, 1.165) is 11.1 Å². The SMILES string of the molecule is CCOc1cc(CNC(C)C(=O)O)cc(Br)c1OCc1ccc(Cl)cc1Cl. The molecule has 1 unspecified atom stereocenters. The standard InChI is InChI=1S/C19H20BrCl2NO4/c1-3-26-17-7-12(9-23-11(2)19(24)25)6-15(20)18(17)27-10-13-4-5-14(21)8-16(13)22/h4-8,11,23H,3,9-10H2,1-2H3,(H,24,25). The van der Waals surface area contributed by atoms with Crippen molar-refractivity contribution in [3.05, 3.63) is 56.0 Å². The minimum atomic E-state index is -0.904. The molecule has 0 bridgehead atoms. The Kier molecular flexibility index (Phi) is 8.23. The van der Waals surface area contributed by atoms with Gasteiger partial charge in [-0.3, -0.25) is 4.79 Å². The van der Waals surface area contributed by atoms with Crippen LogP contribution in [0.3, 0.4) is 0 Å². The number of carboxylic acid groups (broad SMARTS) is 1. The summed E-state index contributed by atoms with van der Waals surface area (Å²) in [6.45, 7) is 4.57. The van der Waals surface area contributed by atoms with Crippen LogP contribution < -0.4 is 14.8 Å². The van der Waals surface area contributed by atoms with Crippen molar-refractivity contribution < 1.29 is 19.4 Å². The Morgan fingerprint density at radius 1 is 1.26 bits per heavy atom. The molecule has 0 saturated carbocycles. The van der Waals surface area contributed by atoms with Crippen LogP contribution >= 0.6 is 39.1 Å². The molecule has 0 aliphatic rings. The third-order valence-electron chi connectivity index (χ3n) is 3.74. The number of hydrogen-bond donors (Lipinski definition) is 2. The van der Waals surface area contributed by atoms with Gasteiger partial charge in [0, 0.05) is 22.2 Å². The summed E-state index contributed by atoms with van der Waals surface area (Å²) in [4.78, 5) is 10.9. The third-order valence-corrected chi connectivity index (χ3v) is 4.92. The largest absolute Gasteiger partial charge is 0.490 e. The lowest BCUT2D eigenvalue weighted by molar-refractivity contribution is -0.139. The second-order valence-electron chi connectivity index (χ2n) is 5.80. The molecule has 0 amide bonds. The fourth-order valence-corrected chi connectivity index (χ4v) is 3.34. The summed E-state index contributed by atoms with van der Waals surface area (Å²) in [6, 6.07) is 8.27. The zero-order valence-electron chi connectivity index (χ0n) is 14.9. The number of carboxylic acids is 1. The molecule has 2 aromatic carbocycles. The maximum Gasteiger partial charge on any atom is 0.320 e. The lowest BCUT2D eigenvalue weighted by atomic mass is 10.2. The smallest absolute Gasteiger partial charge is 0.320 e. The van der Waals surface area contributed by atoms with Gasteiger partial charge in [-0.25, -0.2) is 0 Å². The van der Waals surface area contributed by atoms with Gasteiger partial charge < -0.3 is 19.9 Å². The first kappa shape index (κ1) is 21.8. The van der Waals surface area contributed by atoms with E-state index < -0.39 is 12.0 Å². The zero-order chi connectivity index (χ0) is 20.0. The van der Waals surface area contributed by atoms with E-state index in [1.807, 2.05) is 25.1 Å². The van der Waals surface area contributed by atoms with Crippen molar-refractivity contribution in [2.24, 2.45) is 0 Å². The van der Waals surface area contributed by atoms with Crippen molar-refractivity contribution in [3.8, 4) is 11.5 Å². The Hall–Kier alpha value is -1.47. The second kappa shape index (κ2) is 10.2. The van der Waals surface area contributed by atoms with Crippen molar-refractivity contribution in [1.82, 2.24) is 5.32 Å². The number of benzene rings is 2. The van der Waals surface area contributed by atoms with Crippen LogP contribution in [-0.2, 0) is 17.9 Å². The predicted molar refractivity (Wildman–Crippen MR) is 110 cm³/mol. The first-order valence-electron chi connectivity index (χ1n) is 8.30. The normalized spacial score (nSPS) is 11.9. The number of nitrogens with one attached hydrogen (secondary N) is 1. The van der Waals surface area contributed by atoms with Gasteiger partial charge in [-0.1, -0.05) is 29.3 Å². The molecule has 2 aromatic rings. The Bertz CT molecular complexity index is 817. The molecule has 2 N–H and O–H groups in total. The van der Waals surface area contributed by atoms with E-state index in [0.29, 0.717) is 39.2 Å². The number of ether oxygens (including phenoxy) is 2. The fourth-order valence-electron chi connectivity index (χ4n) is 2.27. The van der Waals surface area contributed by atoms with Gasteiger partial charge in [0.1, 0.15) is 12.6 Å². The zero-order valence-corrected chi connectivity index (χ0v) is 18.0. The number of carbonyl (C=O) groups is 1. The molecule has 0 heterocycles. The van der Waals surface area contributed by atoms with Crippen molar-refractivity contribution in [3.63, 3.8) is 0 Å². The summed E-state index contributed by atoms with van der Waals surface area (Å²) in [5.41, 5.74) is 1.67. The Morgan fingerprint density at radius 2 is 2.00 bits per heavy atom. The highest BCUT2D eigenvalue weighted by molar-refractivity contribution is 9.10. The van der Waals surface area contributed by atoms with Crippen LogP contribution in [0.2, 0.25) is 10.0 Å². The average Bonchev–Trinajstić information content (AvgIpc) is 2.60. The van der Waals surface area contributed by atoms with Gasteiger partial charge in [0.05, 0.1) is 11.1 Å². The van der Waals surface area contributed by atoms with E-state index in [1.165, 1.54) is 0 Å². The van der Waals surface area contributed by atoms with Crippen LogP contribution in [0.5, 0.6) is 11.5 Å². The number of halogens is 3. The van der Waals surface area contributed by atoms with Crippen LogP contribution in [0.4, 0.5) is 0 Å². The molecule has 0 fully saturated rings. The van der Waals surface area contributed by atoms with E-state index in [4.69, 9.17) is 37.8 Å². The van der Waals surface area contributed by atoms with Crippen molar-refractivity contribution in [2.45, 2.75) is 33.0 Å². The van der Waals surface area contributed by atoms with Gasteiger partial charge in [0.2, 0.25) is 0 Å². The molecule has 5 nitrogen and oxygen atoms in total. The Labute approximate surface area is 176 Å². The molecule has 8 heteroatoms. The maximum absolute atomic E-state index is 10.9. The van der Waals surface area contributed by atoms with Crippen LogP contribution in [0.15, 0.2) is 34.8 Å². The summed E-state index contributed by atoms with van der Waals surface area (Å²) >= 11 is 15.6. The van der Waals surface area contributed by atoms with Crippen LogP contribution in [-0.4, -0.2) is 23.7 Å². The van der Waals surface area contributed by atoms with Gasteiger partial charge in [-0.2, -0.15) is 0 Å². The molecule has 146 valence electrons. The van der Waals surface area contributed by atoms with Gasteiger partial charge in [0.25, 0.3) is 0 Å². The number of rotatable bonds is 9. The van der Waals surface area contributed by atoms with Crippen molar-refractivity contribution >= 4 is 45.1 Å². The topological polar surface area (TPSA) is 67.8 Å². The molecule has 1 atom stereocenters. The number of aliphatic carboxylic acids is 1. The molecule has 0 spiro atoms. The van der Waals surface area contributed by atoms with Crippen LogP contribution in [0.25, 0.3) is 0 Å². The summed E-state index contributed by atoms with van der Waals surface area (Å²) < 4.78 is 12.3. The van der Waals surface area contributed by atoms with Crippen LogP contribution in [0.1, 0.15) is 25.0 Å². The molecule has 0 radical (unpaired) electrons. The van der Waals surface area contributed by atoms with E-state index in [-0.39, 0.29) is 6.61 Å². The molecular weight excluding hydrogens is 457 g/mol. The summed E-state index contributed by atoms with van der Waals surface area (Å²) in [7, 11) is 0. The third kappa shape index (κ3) is 6.28. The van der Waals surface area contributed by atoms with E-state index in [1.54, 1.807) is 19.1 Å². The lowest BCUT2D eigenvalue weighted by Gasteiger charge is -2.17. The average molecular weight is 477 g/mol. The van der Waals surface area contributed by atoms with Gasteiger partial charge >= 0.3 is 5.97 Å². The van der Waals surface area contributed by atoms with E-state index >= 15 is 0 Å². The summed E-state index contributed by atoms with van der Waals surface area (Å²) in [6.07, 6.45) is 0. The van der Waals surface area contributed by atoms with Gasteiger partial charge in [-0.15, -0.1) is 0 Å². The number of hydrogen-bond acceptors (Lipinski definition) is 4. The van der Waals surface area contributed by atoms with E-state index in [9.17, 15) is 4.79 Å². The molecule has 2 rings (SSSR count). The highest BCUT2D eigenvalue weighted by Crippen LogP contribution is 2.38. The molecule has 0 aromatic heterocycles. The molecule has 0 saturated heterocycles.